The molecule has 0 saturated carbocycles. The lowest BCUT2D eigenvalue weighted by molar-refractivity contribution is 0.129. The Kier molecular flexibility index (Phi) is 5.66. The molecule has 142 valence electrons. The highest BCUT2D eigenvalue weighted by Gasteiger charge is 2.26. The number of furan rings is 1. The number of rotatable bonds is 6. The third kappa shape index (κ3) is 4.15. The van der Waals surface area contributed by atoms with E-state index in [4.69, 9.17) is 9.15 Å². The molecule has 0 bridgehead atoms. The van der Waals surface area contributed by atoms with Crippen molar-refractivity contribution < 1.29 is 9.15 Å². The monoisotopic (exact) mass is 376 g/mol. The van der Waals surface area contributed by atoms with Gasteiger partial charge in [-0.25, -0.2) is 0 Å². The number of hydrogen-bond donors (Lipinski definition) is 0. The van der Waals surface area contributed by atoms with Gasteiger partial charge in [-0.1, -0.05) is 11.8 Å². The summed E-state index contributed by atoms with van der Waals surface area (Å²) in [4.78, 5) is 2.47. The van der Waals surface area contributed by atoms with E-state index in [2.05, 4.69) is 32.8 Å². The Bertz CT molecular complexity index is 715. The Hall–Kier alpha value is -1.31. The summed E-state index contributed by atoms with van der Waals surface area (Å²) < 4.78 is 13.6. The molecule has 6 nitrogen and oxygen atoms in total. The molecule has 0 radical (unpaired) electrons. The van der Waals surface area contributed by atoms with Gasteiger partial charge in [0.05, 0.1) is 12.6 Å². The van der Waals surface area contributed by atoms with Crippen LogP contribution in [-0.2, 0) is 18.3 Å². The smallest absolute Gasteiger partial charge is 0.191 e. The number of ether oxygens (including phenoxy) is 1. The van der Waals surface area contributed by atoms with E-state index in [0.717, 1.165) is 67.3 Å². The summed E-state index contributed by atoms with van der Waals surface area (Å²) in [6.07, 6.45) is 5.00. The normalized spacial score (nSPS) is 22.3. The SMILES string of the molecule is Cc1ccc(CN2CCC(c3nnc(SC[C@H]4CCCO4)n3C)CC2)o1. The number of aryl methyl sites for hydroxylation is 1. The number of aromatic nitrogens is 3. The molecule has 2 aliphatic rings. The molecule has 4 rings (SSSR count). The average Bonchev–Trinajstić information content (AvgIpc) is 3.37. The molecule has 26 heavy (non-hydrogen) atoms. The first-order valence-electron chi connectivity index (χ1n) is 9.60. The van der Waals surface area contributed by atoms with Gasteiger partial charge in [-0.3, -0.25) is 4.90 Å². The second-order valence-electron chi connectivity index (χ2n) is 7.41. The fourth-order valence-corrected chi connectivity index (χ4v) is 4.87. The molecule has 0 unspecified atom stereocenters. The van der Waals surface area contributed by atoms with Crippen LogP contribution in [-0.4, -0.2) is 51.2 Å². The van der Waals surface area contributed by atoms with Crippen LogP contribution in [0.1, 0.15) is 48.9 Å². The molecule has 2 aromatic rings. The molecule has 2 fully saturated rings. The van der Waals surface area contributed by atoms with Gasteiger partial charge in [0, 0.05) is 25.3 Å². The van der Waals surface area contributed by atoms with Crippen molar-refractivity contribution in [3.8, 4) is 0 Å². The first-order valence-corrected chi connectivity index (χ1v) is 10.6. The Balaban J connectivity index is 1.29. The van der Waals surface area contributed by atoms with Gasteiger partial charge in [0.2, 0.25) is 0 Å². The quantitative estimate of drug-likeness (QED) is 0.721. The minimum atomic E-state index is 0.383. The largest absolute Gasteiger partial charge is 0.465 e. The standard InChI is InChI=1S/C19H28N4O2S/c1-14-5-6-16(25-14)12-23-9-7-15(8-10-23)18-20-21-19(22(18)2)26-13-17-4-3-11-24-17/h5-6,15,17H,3-4,7-13H2,1-2H3/t17-/m1/s1. The van der Waals surface area contributed by atoms with Gasteiger partial charge in [0.1, 0.15) is 17.3 Å². The first kappa shape index (κ1) is 18.1. The summed E-state index contributed by atoms with van der Waals surface area (Å²) in [5.74, 6) is 4.66. The summed E-state index contributed by atoms with van der Waals surface area (Å²) in [5, 5.41) is 9.96. The number of likely N-dealkylation sites (tertiary alicyclic amines) is 1. The number of piperidine rings is 1. The Labute approximate surface area is 159 Å². The van der Waals surface area contributed by atoms with E-state index in [0.29, 0.717) is 12.0 Å². The van der Waals surface area contributed by atoms with Gasteiger partial charge in [-0.15, -0.1) is 10.2 Å². The molecule has 4 heterocycles. The molecular formula is C19H28N4O2S. The maximum atomic E-state index is 5.71. The van der Waals surface area contributed by atoms with Crippen molar-refractivity contribution in [1.82, 2.24) is 19.7 Å². The van der Waals surface area contributed by atoms with E-state index in [-0.39, 0.29) is 0 Å². The molecular weight excluding hydrogens is 348 g/mol. The van der Waals surface area contributed by atoms with Crippen LogP contribution in [0.3, 0.4) is 0 Å². The van der Waals surface area contributed by atoms with Crippen molar-refractivity contribution in [2.75, 3.05) is 25.4 Å². The van der Waals surface area contributed by atoms with Crippen LogP contribution in [0.2, 0.25) is 0 Å². The number of hydrogen-bond acceptors (Lipinski definition) is 6. The molecule has 2 saturated heterocycles. The number of thioether (sulfide) groups is 1. The lowest BCUT2D eigenvalue weighted by Gasteiger charge is -2.30. The zero-order chi connectivity index (χ0) is 17.9. The maximum Gasteiger partial charge on any atom is 0.191 e. The summed E-state index contributed by atoms with van der Waals surface area (Å²) >= 11 is 1.78. The zero-order valence-electron chi connectivity index (χ0n) is 15.7. The highest BCUT2D eigenvalue weighted by molar-refractivity contribution is 7.99. The summed E-state index contributed by atoms with van der Waals surface area (Å²) in [6.45, 7) is 5.97. The highest BCUT2D eigenvalue weighted by atomic mass is 32.2. The summed E-state index contributed by atoms with van der Waals surface area (Å²) in [6, 6.07) is 4.12. The zero-order valence-corrected chi connectivity index (χ0v) is 16.5. The third-order valence-electron chi connectivity index (χ3n) is 5.42. The Morgan fingerprint density at radius 1 is 1.19 bits per heavy atom. The van der Waals surface area contributed by atoms with Crippen LogP contribution in [0.15, 0.2) is 21.7 Å². The van der Waals surface area contributed by atoms with Gasteiger partial charge in [0.25, 0.3) is 0 Å². The molecule has 7 heteroatoms. The molecule has 0 aromatic carbocycles. The van der Waals surface area contributed by atoms with Crippen LogP contribution < -0.4 is 0 Å². The van der Waals surface area contributed by atoms with Gasteiger partial charge >= 0.3 is 0 Å². The maximum absolute atomic E-state index is 5.71. The van der Waals surface area contributed by atoms with Gasteiger partial charge in [0.15, 0.2) is 5.16 Å². The second-order valence-corrected chi connectivity index (χ2v) is 8.40. The molecule has 2 aliphatic heterocycles. The van der Waals surface area contributed by atoms with Crippen LogP contribution in [0.4, 0.5) is 0 Å². The predicted octanol–water partition coefficient (Wildman–Crippen LogP) is 3.37. The van der Waals surface area contributed by atoms with Crippen LogP contribution in [0.5, 0.6) is 0 Å². The third-order valence-corrected chi connectivity index (χ3v) is 6.57. The highest BCUT2D eigenvalue weighted by Crippen LogP contribution is 2.30. The predicted molar refractivity (Wildman–Crippen MR) is 101 cm³/mol. The van der Waals surface area contributed by atoms with E-state index in [1.165, 1.54) is 12.8 Å². The second kappa shape index (κ2) is 8.15. The molecule has 0 N–H and O–H groups in total. The van der Waals surface area contributed by atoms with Crippen molar-refractivity contribution in [1.29, 1.82) is 0 Å². The fraction of sp³-hybridized carbons (Fsp3) is 0.684. The van der Waals surface area contributed by atoms with Gasteiger partial charge < -0.3 is 13.7 Å². The van der Waals surface area contributed by atoms with Crippen molar-refractivity contribution >= 4 is 11.8 Å². The van der Waals surface area contributed by atoms with E-state index >= 15 is 0 Å². The fourth-order valence-electron chi connectivity index (χ4n) is 3.89. The lowest BCUT2D eigenvalue weighted by Crippen LogP contribution is -2.33. The minimum Gasteiger partial charge on any atom is -0.465 e. The minimum absolute atomic E-state index is 0.383. The first-order chi connectivity index (χ1) is 12.7. The molecule has 2 aromatic heterocycles. The Morgan fingerprint density at radius 3 is 2.73 bits per heavy atom. The van der Waals surface area contributed by atoms with Crippen molar-refractivity contribution in [3.05, 3.63) is 29.5 Å². The van der Waals surface area contributed by atoms with Crippen molar-refractivity contribution in [2.24, 2.45) is 7.05 Å². The van der Waals surface area contributed by atoms with Crippen LogP contribution >= 0.6 is 11.8 Å². The van der Waals surface area contributed by atoms with Crippen molar-refractivity contribution in [2.45, 2.75) is 56.3 Å². The lowest BCUT2D eigenvalue weighted by atomic mass is 9.96. The van der Waals surface area contributed by atoms with E-state index in [1.807, 2.05) is 13.0 Å². The molecule has 0 spiro atoms. The number of nitrogens with zero attached hydrogens (tertiary/aromatic N) is 4. The average molecular weight is 377 g/mol. The van der Waals surface area contributed by atoms with E-state index in [1.54, 1.807) is 11.8 Å². The van der Waals surface area contributed by atoms with E-state index < -0.39 is 0 Å². The van der Waals surface area contributed by atoms with Crippen LogP contribution in [0.25, 0.3) is 0 Å². The molecule has 0 amide bonds. The van der Waals surface area contributed by atoms with Gasteiger partial charge in [-0.2, -0.15) is 0 Å². The molecule has 0 aliphatic carbocycles. The van der Waals surface area contributed by atoms with Gasteiger partial charge in [-0.05, 0) is 57.8 Å². The topological polar surface area (TPSA) is 56.3 Å². The van der Waals surface area contributed by atoms with E-state index in [9.17, 15) is 0 Å². The summed E-state index contributed by atoms with van der Waals surface area (Å²) in [7, 11) is 2.10. The Morgan fingerprint density at radius 2 is 2.04 bits per heavy atom. The van der Waals surface area contributed by atoms with Crippen molar-refractivity contribution in [3.63, 3.8) is 0 Å². The summed E-state index contributed by atoms with van der Waals surface area (Å²) in [5.41, 5.74) is 0. The molecule has 1 atom stereocenters. The van der Waals surface area contributed by atoms with Crippen LogP contribution in [0, 0.1) is 6.92 Å².